The van der Waals surface area contributed by atoms with Gasteiger partial charge in [0.2, 0.25) is 0 Å². The zero-order valence-electron chi connectivity index (χ0n) is 11.4. The van der Waals surface area contributed by atoms with Gasteiger partial charge in [0.05, 0.1) is 4.90 Å². The van der Waals surface area contributed by atoms with Gasteiger partial charge in [0.15, 0.2) is 0 Å². The molecule has 0 amide bonds. The molecule has 0 fully saturated rings. The van der Waals surface area contributed by atoms with Gasteiger partial charge in [0.1, 0.15) is 0 Å². The highest BCUT2D eigenvalue weighted by molar-refractivity contribution is 8.13. The Morgan fingerprint density at radius 2 is 2.05 bits per heavy atom. The van der Waals surface area contributed by atoms with Crippen molar-refractivity contribution in [1.82, 2.24) is 4.67 Å². The summed E-state index contributed by atoms with van der Waals surface area (Å²) in [4.78, 5) is 0.186. The van der Waals surface area contributed by atoms with Gasteiger partial charge in [0, 0.05) is 29.2 Å². The lowest BCUT2D eigenvalue weighted by Crippen LogP contribution is -2.30. The molecule has 1 aliphatic rings. The first-order valence-corrected chi connectivity index (χ1v) is 9.02. The Morgan fingerprint density at radius 1 is 1.42 bits per heavy atom. The second-order valence-electron chi connectivity index (χ2n) is 5.90. The van der Waals surface area contributed by atoms with E-state index in [9.17, 15) is 8.42 Å². The summed E-state index contributed by atoms with van der Waals surface area (Å²) in [5.74, 6) is 0.362. The molecule has 0 aliphatic carbocycles. The van der Waals surface area contributed by atoms with Crippen LogP contribution in [0.1, 0.15) is 37.8 Å². The smallest absolute Gasteiger partial charge is 0.261 e. The van der Waals surface area contributed by atoms with E-state index < -0.39 is 9.05 Å². The largest absolute Gasteiger partial charge is 0.286 e. The summed E-state index contributed by atoms with van der Waals surface area (Å²) in [7, 11) is 4.53. The van der Waals surface area contributed by atoms with Crippen molar-refractivity contribution in [3.8, 4) is 0 Å². The molecule has 1 aliphatic heterocycles. The van der Waals surface area contributed by atoms with Crippen molar-refractivity contribution in [2.45, 2.75) is 37.0 Å². The molecule has 2 atom stereocenters. The molecule has 1 heterocycles. The molecule has 3 nitrogen and oxygen atoms in total. The predicted octanol–water partition coefficient (Wildman–Crippen LogP) is 3.10. The summed E-state index contributed by atoms with van der Waals surface area (Å²) in [6, 6.07) is 5.24. The van der Waals surface area contributed by atoms with E-state index in [1.54, 1.807) is 12.1 Å². The Morgan fingerprint density at radius 3 is 2.63 bits per heavy atom. The minimum Gasteiger partial charge on any atom is -0.286 e. The fraction of sp³-hybridized carbons (Fsp3) is 0.538. The minimum absolute atomic E-state index is 0.112. The van der Waals surface area contributed by atoms with Crippen LogP contribution in [0.4, 0.5) is 0 Å². The topological polar surface area (TPSA) is 37.4 Å². The van der Waals surface area contributed by atoms with Gasteiger partial charge in [0.25, 0.3) is 9.05 Å². The van der Waals surface area contributed by atoms with Crippen LogP contribution in [-0.4, -0.2) is 26.2 Å². The number of fused-ring (bicyclic) bond motifs is 1. The van der Waals surface area contributed by atoms with E-state index in [2.05, 4.69) is 34.8 Å². The van der Waals surface area contributed by atoms with Crippen LogP contribution < -0.4 is 0 Å². The van der Waals surface area contributed by atoms with E-state index >= 15 is 0 Å². The number of hydrogen-bond acceptors (Lipinski definition) is 3. The third-order valence-corrected chi connectivity index (χ3v) is 5.42. The lowest BCUT2D eigenvalue weighted by molar-refractivity contribution is 0.368. The number of hydrogen-bond donors (Lipinski definition) is 0. The molecule has 106 valence electrons. The molecule has 1 aromatic carbocycles. The third-order valence-electron chi connectivity index (χ3n) is 3.67. The number of halogens is 1. The first-order chi connectivity index (χ1) is 8.61. The molecular weight excluding hydrogens is 301 g/mol. The predicted molar refractivity (Wildman–Crippen MR) is 82.2 cm³/mol. The van der Waals surface area contributed by atoms with Gasteiger partial charge in [-0.3, -0.25) is 4.67 Å². The highest BCUT2D eigenvalue weighted by Crippen LogP contribution is 2.38. The Labute approximate surface area is 122 Å². The quantitative estimate of drug-likeness (QED) is 0.589. The number of benzene rings is 1. The monoisotopic (exact) mass is 319 g/mol. The molecule has 0 saturated heterocycles. The maximum Gasteiger partial charge on any atom is 0.261 e. The average Bonchev–Trinajstić information content (AvgIpc) is 2.33. The highest BCUT2D eigenvalue weighted by atomic mass is 35.7. The molecule has 0 spiro atoms. The third kappa shape index (κ3) is 3.13. The van der Waals surface area contributed by atoms with Crippen molar-refractivity contribution in [2.75, 3.05) is 13.1 Å². The summed E-state index contributed by atoms with van der Waals surface area (Å²) >= 11 is 0. The van der Waals surface area contributed by atoms with E-state index in [0.717, 1.165) is 18.7 Å². The minimum atomic E-state index is -3.68. The Bertz CT molecular complexity index is 601. The van der Waals surface area contributed by atoms with Crippen LogP contribution >= 0.6 is 20.1 Å². The second kappa shape index (κ2) is 5.00. The van der Waals surface area contributed by atoms with Crippen molar-refractivity contribution in [3.05, 3.63) is 29.3 Å². The fourth-order valence-electron chi connectivity index (χ4n) is 2.81. The first kappa shape index (κ1) is 15.2. The molecule has 0 aromatic heterocycles. The van der Waals surface area contributed by atoms with E-state index in [1.807, 2.05) is 6.07 Å². The molecule has 0 saturated carbocycles. The molecule has 0 N–H and O–H groups in total. The van der Waals surface area contributed by atoms with Crippen LogP contribution in [0.15, 0.2) is 23.1 Å². The molecule has 0 bridgehead atoms. The van der Waals surface area contributed by atoms with Gasteiger partial charge in [-0.25, -0.2) is 8.42 Å². The molecule has 0 radical (unpaired) electrons. The molecule has 1 aromatic rings. The van der Waals surface area contributed by atoms with Crippen LogP contribution in [-0.2, 0) is 14.5 Å². The van der Waals surface area contributed by atoms with Crippen molar-refractivity contribution in [2.24, 2.45) is 0 Å². The summed E-state index contributed by atoms with van der Waals surface area (Å²) in [6.07, 6.45) is 0. The van der Waals surface area contributed by atoms with E-state index in [0.29, 0.717) is 5.92 Å². The zero-order valence-corrected chi connectivity index (χ0v) is 14.1. The maximum absolute atomic E-state index is 11.5. The van der Waals surface area contributed by atoms with Crippen LogP contribution in [0, 0.1) is 0 Å². The molecule has 6 heteroatoms. The summed E-state index contributed by atoms with van der Waals surface area (Å²) in [5.41, 5.74) is 2.17. The molecule has 2 unspecified atom stereocenters. The van der Waals surface area contributed by atoms with Gasteiger partial charge >= 0.3 is 0 Å². The van der Waals surface area contributed by atoms with Crippen LogP contribution in [0.25, 0.3) is 0 Å². The van der Waals surface area contributed by atoms with Crippen molar-refractivity contribution < 1.29 is 8.42 Å². The molecule has 19 heavy (non-hydrogen) atoms. The lowest BCUT2D eigenvalue weighted by Gasteiger charge is -2.28. The van der Waals surface area contributed by atoms with Crippen molar-refractivity contribution >= 4 is 29.1 Å². The Kier molecular flexibility index (Phi) is 4.01. The van der Waals surface area contributed by atoms with Gasteiger partial charge < -0.3 is 0 Å². The lowest BCUT2D eigenvalue weighted by atomic mass is 9.80. The SMILES string of the molecule is CC1CN(P)CC(C)(C)c2cc(S(=O)(=O)Cl)ccc21. The molecule has 2 rings (SSSR count). The van der Waals surface area contributed by atoms with E-state index in [-0.39, 0.29) is 10.3 Å². The van der Waals surface area contributed by atoms with Gasteiger partial charge in [-0.2, -0.15) is 0 Å². The van der Waals surface area contributed by atoms with E-state index in [4.69, 9.17) is 10.7 Å². The van der Waals surface area contributed by atoms with Gasteiger partial charge in [-0.05, 0) is 29.2 Å². The van der Waals surface area contributed by atoms with Crippen molar-refractivity contribution in [1.29, 1.82) is 0 Å². The number of nitrogens with zero attached hydrogens (tertiary/aromatic N) is 1. The summed E-state index contributed by atoms with van der Waals surface area (Å²) in [5, 5.41) is 0. The average molecular weight is 320 g/mol. The maximum atomic E-state index is 11.5. The second-order valence-corrected chi connectivity index (χ2v) is 9.20. The number of rotatable bonds is 1. The van der Waals surface area contributed by atoms with Gasteiger partial charge in [-0.1, -0.05) is 36.2 Å². The van der Waals surface area contributed by atoms with E-state index in [1.165, 1.54) is 5.56 Å². The van der Waals surface area contributed by atoms with Gasteiger partial charge in [-0.15, -0.1) is 0 Å². The van der Waals surface area contributed by atoms with Crippen LogP contribution in [0.5, 0.6) is 0 Å². The molecular formula is C13H19ClNO2PS. The Hall–Kier alpha value is -0.150. The van der Waals surface area contributed by atoms with Crippen LogP contribution in [0.3, 0.4) is 0 Å². The zero-order chi connectivity index (χ0) is 14.4. The van der Waals surface area contributed by atoms with Crippen LogP contribution in [0.2, 0.25) is 0 Å². The first-order valence-electron chi connectivity index (χ1n) is 6.20. The normalized spacial score (nSPS) is 23.7. The standard InChI is InChI=1S/C13H19ClNO2PS/c1-9-7-15(18)8-13(2,3)12-6-10(19(14,16)17)4-5-11(9)12/h4-6,9H,7-8,18H2,1-3H3. The highest BCUT2D eigenvalue weighted by Gasteiger charge is 2.32. The summed E-state index contributed by atoms with van der Waals surface area (Å²) < 4.78 is 25.2. The fourth-order valence-corrected chi connectivity index (χ4v) is 4.36. The Balaban J connectivity index is 2.64. The summed E-state index contributed by atoms with van der Waals surface area (Å²) in [6.45, 7) is 8.22. The van der Waals surface area contributed by atoms with Crippen molar-refractivity contribution in [3.63, 3.8) is 0 Å².